The first kappa shape index (κ1) is 10.1. The largest absolute Gasteiger partial charge is 0.375 e. The molecule has 4 unspecified atom stereocenters. The molecule has 3 fully saturated rings. The molecule has 4 atom stereocenters. The van der Waals surface area contributed by atoms with Crippen molar-refractivity contribution in [3.63, 3.8) is 0 Å². The van der Waals surface area contributed by atoms with E-state index in [1.54, 1.807) is 0 Å². The Morgan fingerprint density at radius 3 is 2.94 bits per heavy atom. The van der Waals surface area contributed by atoms with Crippen molar-refractivity contribution in [3.05, 3.63) is 12.3 Å². The van der Waals surface area contributed by atoms with Crippen molar-refractivity contribution in [1.82, 2.24) is 5.32 Å². The highest BCUT2D eigenvalue weighted by atomic mass is 16.5. The van der Waals surface area contributed by atoms with E-state index in [0.29, 0.717) is 11.6 Å². The molecule has 4 aliphatic rings. The molecule has 2 aliphatic carbocycles. The molecule has 1 N–H and O–H groups in total. The molecule has 0 bridgehead atoms. The Bertz CT molecular complexity index is 384. The lowest BCUT2D eigenvalue weighted by atomic mass is 9.76. The zero-order valence-corrected chi connectivity index (χ0v) is 10.2. The van der Waals surface area contributed by atoms with E-state index in [1.165, 1.54) is 38.5 Å². The van der Waals surface area contributed by atoms with Gasteiger partial charge < -0.3 is 10.1 Å². The van der Waals surface area contributed by atoms with Gasteiger partial charge in [-0.15, -0.1) is 0 Å². The smallest absolute Gasteiger partial charge is 0.124 e. The lowest BCUT2D eigenvalue weighted by Crippen LogP contribution is -2.42. The summed E-state index contributed by atoms with van der Waals surface area (Å²) in [4.78, 5) is 4.62. The highest BCUT2D eigenvalue weighted by molar-refractivity contribution is 5.72. The number of fused-ring (bicyclic) bond motifs is 1. The quantitative estimate of drug-likeness (QED) is 0.752. The van der Waals surface area contributed by atoms with E-state index >= 15 is 0 Å². The summed E-state index contributed by atoms with van der Waals surface area (Å²) in [6.07, 6.45) is 14.0. The summed E-state index contributed by atoms with van der Waals surface area (Å²) in [6, 6.07) is 0. The first-order valence-electron chi connectivity index (χ1n) is 6.91. The summed E-state index contributed by atoms with van der Waals surface area (Å²) in [6.45, 7) is 0.988. The van der Waals surface area contributed by atoms with Gasteiger partial charge in [0.2, 0.25) is 0 Å². The molecule has 0 aromatic carbocycles. The molecule has 1 saturated heterocycles. The molecule has 0 amide bonds. The van der Waals surface area contributed by atoms with Crippen molar-refractivity contribution in [1.29, 1.82) is 0 Å². The van der Waals surface area contributed by atoms with Crippen LogP contribution < -0.4 is 5.32 Å². The van der Waals surface area contributed by atoms with Gasteiger partial charge in [-0.3, -0.25) is 4.99 Å². The van der Waals surface area contributed by atoms with Crippen LogP contribution in [0.1, 0.15) is 38.5 Å². The van der Waals surface area contributed by atoms with E-state index in [4.69, 9.17) is 4.74 Å². The number of rotatable bonds is 1. The predicted octanol–water partition coefficient (Wildman–Crippen LogP) is 2.24. The molecule has 4 rings (SSSR count). The second-order valence-corrected chi connectivity index (χ2v) is 6.20. The SMILES string of the molecule is C1=CNC(C23CCC4(CCCO4)CC2C3)N=C1. The summed E-state index contributed by atoms with van der Waals surface area (Å²) in [5, 5.41) is 3.43. The van der Waals surface area contributed by atoms with Crippen molar-refractivity contribution in [2.75, 3.05) is 6.61 Å². The number of hydrogen-bond acceptors (Lipinski definition) is 3. The summed E-state index contributed by atoms with van der Waals surface area (Å²) >= 11 is 0. The van der Waals surface area contributed by atoms with Crippen LogP contribution in [0.15, 0.2) is 17.3 Å². The minimum Gasteiger partial charge on any atom is -0.375 e. The molecule has 17 heavy (non-hydrogen) atoms. The average Bonchev–Trinajstić information content (AvgIpc) is 2.94. The Labute approximate surface area is 102 Å². The van der Waals surface area contributed by atoms with E-state index < -0.39 is 0 Å². The lowest BCUT2D eigenvalue weighted by Gasteiger charge is -2.38. The molecule has 0 aromatic heterocycles. The fourth-order valence-electron chi connectivity index (χ4n) is 4.26. The number of hydrogen-bond donors (Lipinski definition) is 1. The molecule has 2 heterocycles. The van der Waals surface area contributed by atoms with Crippen molar-refractivity contribution in [2.45, 2.75) is 50.3 Å². The monoisotopic (exact) mass is 232 g/mol. The van der Waals surface area contributed by atoms with E-state index in [2.05, 4.69) is 10.3 Å². The van der Waals surface area contributed by atoms with E-state index in [1.807, 2.05) is 18.5 Å². The van der Waals surface area contributed by atoms with Crippen molar-refractivity contribution >= 4 is 6.21 Å². The second kappa shape index (κ2) is 3.35. The van der Waals surface area contributed by atoms with Gasteiger partial charge in [-0.1, -0.05) is 0 Å². The number of ether oxygens (including phenoxy) is 1. The molecular formula is C14H20N2O. The van der Waals surface area contributed by atoms with Crippen LogP contribution >= 0.6 is 0 Å². The Morgan fingerprint density at radius 2 is 2.24 bits per heavy atom. The zero-order valence-electron chi connectivity index (χ0n) is 10.2. The number of nitrogens with one attached hydrogen (secondary N) is 1. The molecule has 3 nitrogen and oxygen atoms in total. The number of nitrogens with zero attached hydrogens (tertiary/aromatic N) is 1. The van der Waals surface area contributed by atoms with Gasteiger partial charge in [-0.05, 0) is 56.7 Å². The standard InChI is InChI=1S/C14H20N2O/c1-3-13(17-8-1)4-5-14(10-11(14)9-13)12-15-6-2-7-16-12/h2,6-7,11-12,15H,1,3-5,8-10H2. The van der Waals surface area contributed by atoms with Crippen LogP contribution in [0, 0.1) is 11.3 Å². The van der Waals surface area contributed by atoms with Crippen LogP contribution in [-0.2, 0) is 4.74 Å². The summed E-state index contributed by atoms with van der Waals surface area (Å²) in [7, 11) is 0. The van der Waals surface area contributed by atoms with Crippen LogP contribution in [-0.4, -0.2) is 24.6 Å². The van der Waals surface area contributed by atoms with Gasteiger partial charge in [0.05, 0.1) is 5.60 Å². The third kappa shape index (κ3) is 1.41. The van der Waals surface area contributed by atoms with Crippen molar-refractivity contribution in [3.8, 4) is 0 Å². The first-order chi connectivity index (χ1) is 8.33. The topological polar surface area (TPSA) is 33.6 Å². The summed E-state index contributed by atoms with van der Waals surface area (Å²) in [5.74, 6) is 0.843. The van der Waals surface area contributed by atoms with Gasteiger partial charge in [0.15, 0.2) is 0 Å². The van der Waals surface area contributed by atoms with Crippen LogP contribution in [0.2, 0.25) is 0 Å². The second-order valence-electron chi connectivity index (χ2n) is 6.20. The molecule has 0 aromatic rings. The summed E-state index contributed by atoms with van der Waals surface area (Å²) in [5.41, 5.74) is 0.720. The normalized spacial score (nSPS) is 51.3. The van der Waals surface area contributed by atoms with Gasteiger partial charge in [0, 0.05) is 18.2 Å². The summed E-state index contributed by atoms with van der Waals surface area (Å²) < 4.78 is 6.04. The van der Waals surface area contributed by atoms with Crippen LogP contribution in [0.5, 0.6) is 0 Å². The van der Waals surface area contributed by atoms with Crippen molar-refractivity contribution in [2.24, 2.45) is 16.3 Å². The molecule has 2 saturated carbocycles. The maximum absolute atomic E-state index is 6.04. The van der Waals surface area contributed by atoms with Crippen LogP contribution in [0.4, 0.5) is 0 Å². The fourth-order valence-corrected chi connectivity index (χ4v) is 4.26. The minimum absolute atomic E-state index is 0.263. The molecular weight excluding hydrogens is 212 g/mol. The van der Waals surface area contributed by atoms with Crippen molar-refractivity contribution < 1.29 is 4.74 Å². The van der Waals surface area contributed by atoms with Crippen LogP contribution in [0.3, 0.4) is 0 Å². The molecule has 3 heteroatoms. The van der Waals surface area contributed by atoms with Gasteiger partial charge in [0.1, 0.15) is 6.17 Å². The molecule has 0 radical (unpaired) electrons. The predicted molar refractivity (Wildman–Crippen MR) is 66.9 cm³/mol. The Balaban J connectivity index is 1.50. The van der Waals surface area contributed by atoms with E-state index in [9.17, 15) is 0 Å². The Kier molecular flexibility index (Phi) is 1.99. The van der Waals surface area contributed by atoms with Gasteiger partial charge >= 0.3 is 0 Å². The third-order valence-electron chi connectivity index (χ3n) is 5.34. The number of aliphatic imine (C=N–C) groups is 1. The fraction of sp³-hybridized carbons (Fsp3) is 0.786. The molecule has 92 valence electrons. The van der Waals surface area contributed by atoms with E-state index in [-0.39, 0.29) is 5.60 Å². The average molecular weight is 232 g/mol. The Morgan fingerprint density at radius 1 is 1.24 bits per heavy atom. The van der Waals surface area contributed by atoms with Gasteiger partial charge in [-0.2, -0.15) is 0 Å². The highest BCUT2D eigenvalue weighted by Crippen LogP contribution is 2.67. The van der Waals surface area contributed by atoms with Crippen LogP contribution in [0.25, 0.3) is 0 Å². The minimum atomic E-state index is 0.263. The lowest BCUT2D eigenvalue weighted by molar-refractivity contribution is -0.0396. The Hall–Kier alpha value is -0.830. The van der Waals surface area contributed by atoms with E-state index in [0.717, 1.165) is 12.5 Å². The molecule has 2 aliphatic heterocycles. The highest BCUT2D eigenvalue weighted by Gasteiger charge is 2.64. The maximum atomic E-state index is 6.04. The molecule has 1 spiro atoms. The zero-order chi connectivity index (χ0) is 11.3. The third-order valence-corrected chi connectivity index (χ3v) is 5.34. The maximum Gasteiger partial charge on any atom is 0.124 e. The van der Waals surface area contributed by atoms with Gasteiger partial charge in [-0.25, -0.2) is 0 Å². The first-order valence-corrected chi connectivity index (χ1v) is 6.91. The van der Waals surface area contributed by atoms with Gasteiger partial charge in [0.25, 0.3) is 0 Å². The number of allylic oxidation sites excluding steroid dienone is 1.